The highest BCUT2D eigenvalue weighted by Crippen LogP contribution is 2.25. The molecule has 0 saturated carbocycles. The largest absolute Gasteiger partial charge is 0.472 e. The van der Waals surface area contributed by atoms with E-state index in [0.717, 1.165) is 5.56 Å². The molecule has 1 saturated heterocycles. The number of hydrogen-bond donors (Lipinski definition) is 0. The van der Waals surface area contributed by atoms with Crippen LogP contribution in [0.15, 0.2) is 18.3 Å². The number of esters is 1. The Morgan fingerprint density at radius 3 is 2.54 bits per heavy atom. The van der Waals surface area contributed by atoms with Gasteiger partial charge in [-0.05, 0) is 33.3 Å². The van der Waals surface area contributed by atoms with Gasteiger partial charge in [-0.1, -0.05) is 6.07 Å². The van der Waals surface area contributed by atoms with Crippen molar-refractivity contribution in [1.82, 2.24) is 9.88 Å². The Morgan fingerprint density at radius 1 is 1.29 bits per heavy atom. The van der Waals surface area contributed by atoms with E-state index in [1.54, 1.807) is 33.0 Å². The van der Waals surface area contributed by atoms with E-state index in [-0.39, 0.29) is 12.6 Å². The summed E-state index contributed by atoms with van der Waals surface area (Å²) in [7, 11) is 1.30. The molecule has 0 spiro atoms. The first kappa shape index (κ1) is 18.0. The standard InChI is InChI=1S/C17H24N2O5/c1-11-6-7-14(18-9-11)23-12-8-13(15(20)22-5)19(10-12)16(21)24-17(2,3)4/h6-7,9,12-13H,8,10H2,1-5H3/t12-,13-/m1/s1. The number of carbonyl (C=O) groups excluding carboxylic acids is 2. The summed E-state index contributed by atoms with van der Waals surface area (Å²) in [5.41, 5.74) is 0.381. The average molecular weight is 336 g/mol. The maximum Gasteiger partial charge on any atom is 0.411 e. The van der Waals surface area contributed by atoms with Gasteiger partial charge in [0.05, 0.1) is 13.7 Å². The number of aromatic nitrogens is 1. The number of hydrogen-bond acceptors (Lipinski definition) is 6. The quantitative estimate of drug-likeness (QED) is 0.788. The van der Waals surface area contributed by atoms with Gasteiger partial charge in [-0.15, -0.1) is 0 Å². The first-order valence-electron chi connectivity index (χ1n) is 7.86. The van der Waals surface area contributed by atoms with Gasteiger partial charge in [-0.2, -0.15) is 0 Å². The lowest BCUT2D eigenvalue weighted by molar-refractivity contribution is -0.145. The Morgan fingerprint density at radius 2 is 2.00 bits per heavy atom. The van der Waals surface area contributed by atoms with Crippen molar-refractivity contribution in [1.29, 1.82) is 0 Å². The van der Waals surface area contributed by atoms with Crippen LogP contribution in [0.1, 0.15) is 32.8 Å². The van der Waals surface area contributed by atoms with Crippen molar-refractivity contribution in [3.8, 4) is 5.88 Å². The van der Waals surface area contributed by atoms with Gasteiger partial charge in [0, 0.05) is 18.7 Å². The summed E-state index contributed by atoms with van der Waals surface area (Å²) < 4.78 is 16.0. The predicted molar refractivity (Wildman–Crippen MR) is 86.8 cm³/mol. The molecule has 0 N–H and O–H groups in total. The van der Waals surface area contributed by atoms with Crippen LogP contribution < -0.4 is 4.74 Å². The van der Waals surface area contributed by atoms with Gasteiger partial charge >= 0.3 is 12.1 Å². The SMILES string of the molecule is COC(=O)[C@H]1C[C@@H](Oc2ccc(C)cn2)CN1C(=O)OC(C)(C)C. The van der Waals surface area contributed by atoms with E-state index in [2.05, 4.69) is 4.98 Å². The van der Waals surface area contributed by atoms with Crippen molar-refractivity contribution >= 4 is 12.1 Å². The maximum absolute atomic E-state index is 12.4. The van der Waals surface area contributed by atoms with Crippen molar-refractivity contribution in [2.24, 2.45) is 0 Å². The number of nitrogens with zero attached hydrogens (tertiary/aromatic N) is 2. The number of rotatable bonds is 3. The molecule has 2 heterocycles. The van der Waals surface area contributed by atoms with E-state index in [0.29, 0.717) is 12.3 Å². The highest BCUT2D eigenvalue weighted by molar-refractivity contribution is 5.82. The summed E-state index contributed by atoms with van der Waals surface area (Å²) in [6.45, 7) is 7.50. The second-order valence-corrected chi connectivity index (χ2v) is 6.82. The molecular weight excluding hydrogens is 312 g/mol. The van der Waals surface area contributed by atoms with Gasteiger partial charge in [-0.3, -0.25) is 4.90 Å². The van der Waals surface area contributed by atoms with E-state index in [1.165, 1.54) is 12.0 Å². The van der Waals surface area contributed by atoms with Crippen LogP contribution in [-0.4, -0.2) is 53.3 Å². The molecule has 1 aromatic heterocycles. The number of amides is 1. The molecule has 0 aliphatic carbocycles. The van der Waals surface area contributed by atoms with Crippen LogP contribution in [0.25, 0.3) is 0 Å². The fraction of sp³-hybridized carbons (Fsp3) is 0.588. The monoisotopic (exact) mass is 336 g/mol. The van der Waals surface area contributed by atoms with Crippen LogP contribution in [-0.2, 0) is 14.3 Å². The topological polar surface area (TPSA) is 78.0 Å². The molecular formula is C17H24N2O5. The fourth-order valence-corrected chi connectivity index (χ4v) is 2.46. The Labute approximate surface area is 141 Å². The molecule has 0 radical (unpaired) electrons. The molecule has 0 bridgehead atoms. The molecule has 132 valence electrons. The molecule has 0 unspecified atom stereocenters. The van der Waals surface area contributed by atoms with Crippen molar-refractivity contribution in [3.63, 3.8) is 0 Å². The number of ether oxygens (including phenoxy) is 3. The number of carbonyl (C=O) groups is 2. The highest BCUT2D eigenvalue weighted by Gasteiger charge is 2.43. The molecule has 2 rings (SSSR count). The Kier molecular flexibility index (Phi) is 5.31. The number of pyridine rings is 1. The third-order valence-corrected chi connectivity index (χ3v) is 3.54. The van der Waals surface area contributed by atoms with Crippen molar-refractivity contribution in [2.75, 3.05) is 13.7 Å². The summed E-state index contributed by atoms with van der Waals surface area (Å²) >= 11 is 0. The summed E-state index contributed by atoms with van der Waals surface area (Å²) in [4.78, 5) is 29.9. The maximum atomic E-state index is 12.4. The minimum absolute atomic E-state index is 0.240. The third kappa shape index (κ3) is 4.59. The van der Waals surface area contributed by atoms with Gasteiger partial charge in [0.2, 0.25) is 5.88 Å². The Balaban J connectivity index is 2.09. The number of methoxy groups -OCH3 is 1. The van der Waals surface area contributed by atoms with E-state index < -0.39 is 23.7 Å². The fourth-order valence-electron chi connectivity index (χ4n) is 2.46. The first-order valence-corrected chi connectivity index (χ1v) is 7.86. The lowest BCUT2D eigenvalue weighted by Gasteiger charge is -2.27. The van der Waals surface area contributed by atoms with Gasteiger partial charge in [0.15, 0.2) is 0 Å². The summed E-state index contributed by atoms with van der Waals surface area (Å²) in [6, 6.07) is 2.93. The van der Waals surface area contributed by atoms with Crippen LogP contribution in [0.5, 0.6) is 5.88 Å². The minimum Gasteiger partial charge on any atom is -0.472 e. The smallest absolute Gasteiger partial charge is 0.411 e. The van der Waals surface area contributed by atoms with Gasteiger partial charge in [-0.25, -0.2) is 14.6 Å². The zero-order valence-electron chi connectivity index (χ0n) is 14.7. The molecule has 1 aliphatic rings. The van der Waals surface area contributed by atoms with Crippen LogP contribution in [0.3, 0.4) is 0 Å². The molecule has 2 atom stereocenters. The van der Waals surface area contributed by atoms with Crippen LogP contribution >= 0.6 is 0 Å². The second-order valence-electron chi connectivity index (χ2n) is 6.82. The molecule has 0 aromatic carbocycles. The predicted octanol–water partition coefficient (Wildman–Crippen LogP) is 2.32. The van der Waals surface area contributed by atoms with Gasteiger partial charge < -0.3 is 14.2 Å². The summed E-state index contributed by atoms with van der Waals surface area (Å²) in [6.07, 6.45) is 1.13. The second kappa shape index (κ2) is 7.07. The van der Waals surface area contributed by atoms with Crippen LogP contribution in [0.4, 0.5) is 4.79 Å². The number of aryl methyl sites for hydroxylation is 1. The summed E-state index contributed by atoms with van der Waals surface area (Å²) in [5, 5.41) is 0. The molecule has 24 heavy (non-hydrogen) atoms. The third-order valence-electron chi connectivity index (χ3n) is 3.54. The zero-order valence-corrected chi connectivity index (χ0v) is 14.7. The summed E-state index contributed by atoms with van der Waals surface area (Å²) in [5.74, 6) is -0.0240. The molecule has 7 heteroatoms. The molecule has 1 fully saturated rings. The van der Waals surface area contributed by atoms with Crippen molar-refractivity contribution < 1.29 is 23.8 Å². The Hall–Kier alpha value is -2.31. The van der Waals surface area contributed by atoms with Crippen LogP contribution in [0, 0.1) is 6.92 Å². The first-order chi connectivity index (χ1) is 11.2. The van der Waals surface area contributed by atoms with Crippen LogP contribution in [0.2, 0.25) is 0 Å². The van der Waals surface area contributed by atoms with E-state index in [1.807, 2.05) is 13.0 Å². The van der Waals surface area contributed by atoms with Crippen molar-refractivity contribution in [3.05, 3.63) is 23.9 Å². The normalized spacial score (nSPS) is 20.6. The average Bonchev–Trinajstić information content (AvgIpc) is 2.91. The van der Waals surface area contributed by atoms with Gasteiger partial charge in [0.1, 0.15) is 17.7 Å². The Bertz CT molecular complexity index is 594. The highest BCUT2D eigenvalue weighted by atomic mass is 16.6. The lowest BCUT2D eigenvalue weighted by atomic mass is 10.2. The van der Waals surface area contributed by atoms with E-state index in [9.17, 15) is 9.59 Å². The van der Waals surface area contributed by atoms with E-state index >= 15 is 0 Å². The zero-order chi connectivity index (χ0) is 17.9. The van der Waals surface area contributed by atoms with Crippen molar-refractivity contribution in [2.45, 2.75) is 51.9 Å². The molecule has 1 amide bonds. The lowest BCUT2D eigenvalue weighted by Crippen LogP contribution is -2.44. The van der Waals surface area contributed by atoms with E-state index in [4.69, 9.17) is 14.2 Å². The molecule has 1 aromatic rings. The van der Waals surface area contributed by atoms with Gasteiger partial charge in [0.25, 0.3) is 0 Å². The minimum atomic E-state index is -0.722. The molecule has 1 aliphatic heterocycles. The molecule has 7 nitrogen and oxygen atoms in total. The number of likely N-dealkylation sites (tertiary alicyclic amines) is 1.